The van der Waals surface area contributed by atoms with Crippen molar-refractivity contribution in [1.82, 2.24) is 10.2 Å². The molecule has 1 aliphatic rings. The van der Waals surface area contributed by atoms with Crippen molar-refractivity contribution in [2.75, 3.05) is 13.1 Å². The Morgan fingerprint density at radius 3 is 2.61 bits per heavy atom. The Kier molecular flexibility index (Phi) is 5.13. The van der Waals surface area contributed by atoms with Crippen molar-refractivity contribution in [2.45, 2.75) is 39.7 Å². The van der Waals surface area contributed by atoms with Crippen molar-refractivity contribution in [3.8, 4) is 11.5 Å². The predicted molar refractivity (Wildman–Crippen MR) is 86.2 cm³/mol. The number of rotatable bonds is 5. The molecule has 1 unspecified atom stereocenters. The Bertz CT molecular complexity index is 613. The number of aryl methyl sites for hydroxylation is 1. The summed E-state index contributed by atoms with van der Waals surface area (Å²) >= 11 is 0. The molecule has 1 fully saturated rings. The minimum Gasteiger partial charge on any atom is -0.504 e. The van der Waals surface area contributed by atoms with E-state index in [-0.39, 0.29) is 41.7 Å². The highest BCUT2D eigenvalue weighted by Gasteiger charge is 2.35. The van der Waals surface area contributed by atoms with Gasteiger partial charge in [0.15, 0.2) is 11.5 Å². The van der Waals surface area contributed by atoms with Crippen molar-refractivity contribution in [3.63, 3.8) is 0 Å². The van der Waals surface area contributed by atoms with E-state index in [1.165, 1.54) is 12.1 Å². The van der Waals surface area contributed by atoms with Gasteiger partial charge in [-0.1, -0.05) is 0 Å². The number of hydrogen-bond donors (Lipinski definition) is 3. The van der Waals surface area contributed by atoms with Gasteiger partial charge in [-0.3, -0.25) is 9.59 Å². The minimum absolute atomic E-state index is 0.0273. The van der Waals surface area contributed by atoms with Gasteiger partial charge in [0.05, 0.1) is 5.92 Å². The van der Waals surface area contributed by atoms with Crippen LogP contribution in [0, 0.1) is 12.8 Å². The number of likely N-dealkylation sites (tertiary alicyclic amines) is 1. The van der Waals surface area contributed by atoms with E-state index in [4.69, 9.17) is 0 Å². The highest BCUT2D eigenvalue weighted by molar-refractivity contribution is 5.89. The zero-order valence-corrected chi connectivity index (χ0v) is 13.8. The number of benzene rings is 1. The van der Waals surface area contributed by atoms with E-state index in [2.05, 4.69) is 5.32 Å². The van der Waals surface area contributed by atoms with Crippen molar-refractivity contribution in [2.24, 2.45) is 5.92 Å². The van der Waals surface area contributed by atoms with Gasteiger partial charge < -0.3 is 20.4 Å². The molecule has 1 saturated heterocycles. The highest BCUT2D eigenvalue weighted by Crippen LogP contribution is 2.28. The Balaban J connectivity index is 1.86. The molecule has 0 aliphatic carbocycles. The lowest BCUT2D eigenvalue weighted by Gasteiger charge is -2.20. The minimum atomic E-state index is -0.292. The maximum absolute atomic E-state index is 12.2. The molecule has 6 nitrogen and oxygen atoms in total. The number of aromatic hydroxyl groups is 2. The van der Waals surface area contributed by atoms with Crippen molar-refractivity contribution in [1.29, 1.82) is 0 Å². The maximum Gasteiger partial charge on any atom is 0.225 e. The molecule has 1 atom stereocenters. The molecule has 0 spiro atoms. The smallest absolute Gasteiger partial charge is 0.225 e. The molecule has 1 aliphatic heterocycles. The third kappa shape index (κ3) is 3.94. The number of amides is 2. The van der Waals surface area contributed by atoms with Crippen molar-refractivity contribution >= 4 is 11.8 Å². The molecular formula is C17H24N2O4. The number of hydrogen-bond acceptors (Lipinski definition) is 4. The summed E-state index contributed by atoms with van der Waals surface area (Å²) in [6.45, 7) is 6.63. The molecular weight excluding hydrogens is 296 g/mol. The van der Waals surface area contributed by atoms with Crippen LogP contribution in [0.25, 0.3) is 0 Å². The van der Waals surface area contributed by atoms with Crippen LogP contribution in [-0.4, -0.2) is 46.1 Å². The van der Waals surface area contributed by atoms with Crippen LogP contribution >= 0.6 is 0 Å². The van der Waals surface area contributed by atoms with Gasteiger partial charge >= 0.3 is 0 Å². The van der Waals surface area contributed by atoms with Gasteiger partial charge in [-0.05, 0) is 50.5 Å². The van der Waals surface area contributed by atoms with Crippen LogP contribution in [0.3, 0.4) is 0 Å². The average Bonchev–Trinajstić information content (AvgIpc) is 2.86. The van der Waals surface area contributed by atoms with E-state index in [0.29, 0.717) is 19.5 Å². The largest absolute Gasteiger partial charge is 0.504 e. The van der Waals surface area contributed by atoms with Gasteiger partial charge in [-0.15, -0.1) is 0 Å². The summed E-state index contributed by atoms with van der Waals surface area (Å²) in [7, 11) is 0. The summed E-state index contributed by atoms with van der Waals surface area (Å²) in [4.78, 5) is 25.7. The number of nitrogens with zero attached hydrogens (tertiary/aromatic N) is 1. The van der Waals surface area contributed by atoms with Gasteiger partial charge in [-0.25, -0.2) is 0 Å². The number of phenolic OH excluding ortho intramolecular Hbond substituents is 2. The first kappa shape index (κ1) is 17.1. The zero-order chi connectivity index (χ0) is 17.1. The fourth-order valence-corrected chi connectivity index (χ4v) is 2.86. The molecule has 6 heteroatoms. The van der Waals surface area contributed by atoms with E-state index in [1.54, 1.807) is 4.90 Å². The number of carbonyl (C=O) groups excluding carboxylic acids is 2. The lowest BCUT2D eigenvalue weighted by Crippen LogP contribution is -2.36. The molecule has 2 amide bonds. The third-order valence-corrected chi connectivity index (χ3v) is 4.28. The van der Waals surface area contributed by atoms with E-state index < -0.39 is 0 Å². The first-order chi connectivity index (χ1) is 10.8. The van der Waals surface area contributed by atoms with Gasteiger partial charge in [0, 0.05) is 25.6 Å². The first-order valence-electron chi connectivity index (χ1n) is 7.88. The Morgan fingerprint density at radius 1 is 1.35 bits per heavy atom. The second-order valence-corrected chi connectivity index (χ2v) is 6.35. The molecule has 0 bridgehead atoms. The molecule has 3 N–H and O–H groups in total. The maximum atomic E-state index is 12.2. The summed E-state index contributed by atoms with van der Waals surface area (Å²) in [5.41, 5.74) is 1.73. The van der Waals surface area contributed by atoms with Gasteiger partial charge in [0.25, 0.3) is 0 Å². The summed E-state index contributed by atoms with van der Waals surface area (Å²) in [6, 6.07) is 3.13. The number of phenols is 2. The topological polar surface area (TPSA) is 89.9 Å². The van der Waals surface area contributed by atoms with E-state index in [0.717, 1.165) is 11.1 Å². The lowest BCUT2D eigenvalue weighted by molar-refractivity contribution is -0.129. The van der Waals surface area contributed by atoms with Gasteiger partial charge in [-0.2, -0.15) is 0 Å². The molecule has 126 valence electrons. The molecule has 1 aromatic carbocycles. The van der Waals surface area contributed by atoms with E-state index in [1.807, 2.05) is 20.8 Å². The summed E-state index contributed by atoms with van der Waals surface area (Å²) in [5, 5.41) is 21.8. The standard InChI is InChI=1S/C17H24N2O4/c1-10(2)19-9-13(8-16(19)22)17(23)18-5-4-12-7-15(21)14(20)6-11(12)3/h6-7,10,13,20-21H,4-5,8-9H2,1-3H3,(H,18,23). The summed E-state index contributed by atoms with van der Waals surface area (Å²) < 4.78 is 0. The highest BCUT2D eigenvalue weighted by atomic mass is 16.3. The van der Waals surface area contributed by atoms with Crippen LogP contribution in [0.1, 0.15) is 31.4 Å². The lowest BCUT2D eigenvalue weighted by atomic mass is 10.0. The normalized spacial score (nSPS) is 17.8. The summed E-state index contributed by atoms with van der Waals surface area (Å²) in [6.07, 6.45) is 0.822. The zero-order valence-electron chi connectivity index (χ0n) is 13.8. The van der Waals surface area contributed by atoms with E-state index >= 15 is 0 Å². The van der Waals surface area contributed by atoms with Crippen LogP contribution in [0.5, 0.6) is 11.5 Å². The SMILES string of the molecule is Cc1cc(O)c(O)cc1CCNC(=O)C1CC(=O)N(C(C)C)C1. The van der Waals surface area contributed by atoms with Crippen LogP contribution in [-0.2, 0) is 16.0 Å². The average molecular weight is 320 g/mol. The molecule has 0 aromatic heterocycles. The number of nitrogens with one attached hydrogen (secondary N) is 1. The Labute approximate surface area is 136 Å². The van der Waals surface area contributed by atoms with Crippen molar-refractivity contribution in [3.05, 3.63) is 23.3 Å². The quantitative estimate of drug-likeness (QED) is 0.714. The third-order valence-electron chi connectivity index (χ3n) is 4.28. The Hall–Kier alpha value is -2.24. The molecule has 1 heterocycles. The van der Waals surface area contributed by atoms with Crippen LogP contribution in [0.15, 0.2) is 12.1 Å². The van der Waals surface area contributed by atoms with Gasteiger partial charge in [0.2, 0.25) is 11.8 Å². The Morgan fingerprint density at radius 2 is 2.00 bits per heavy atom. The van der Waals surface area contributed by atoms with Crippen LogP contribution in [0.4, 0.5) is 0 Å². The fraction of sp³-hybridized carbons (Fsp3) is 0.529. The molecule has 0 saturated carbocycles. The molecule has 23 heavy (non-hydrogen) atoms. The number of carbonyl (C=O) groups is 2. The van der Waals surface area contributed by atoms with Gasteiger partial charge in [0.1, 0.15) is 0 Å². The predicted octanol–water partition coefficient (Wildman–Crippen LogP) is 1.32. The summed E-state index contributed by atoms with van der Waals surface area (Å²) in [5.74, 6) is -0.680. The fourth-order valence-electron chi connectivity index (χ4n) is 2.86. The van der Waals surface area contributed by atoms with Crippen LogP contribution in [0.2, 0.25) is 0 Å². The van der Waals surface area contributed by atoms with E-state index in [9.17, 15) is 19.8 Å². The van der Waals surface area contributed by atoms with Crippen molar-refractivity contribution < 1.29 is 19.8 Å². The first-order valence-corrected chi connectivity index (χ1v) is 7.88. The van der Waals surface area contributed by atoms with Crippen LogP contribution < -0.4 is 5.32 Å². The second kappa shape index (κ2) is 6.89. The molecule has 0 radical (unpaired) electrons. The molecule has 1 aromatic rings. The second-order valence-electron chi connectivity index (χ2n) is 6.35. The molecule has 2 rings (SSSR count). The monoisotopic (exact) mass is 320 g/mol.